The molecule has 1 amide bonds. The topological polar surface area (TPSA) is 51.2 Å². The Morgan fingerprint density at radius 3 is 3.07 bits per heavy atom. The van der Waals surface area contributed by atoms with Gasteiger partial charge in [0.25, 0.3) is 5.91 Å². The van der Waals surface area contributed by atoms with Crippen LogP contribution in [0.1, 0.15) is 24.2 Å². The lowest BCUT2D eigenvalue weighted by Crippen LogP contribution is -2.39. The molecule has 1 aliphatic rings. The molecule has 80 valence electrons. The van der Waals surface area contributed by atoms with Crippen molar-refractivity contribution in [1.82, 2.24) is 10.3 Å². The number of hydrogen-bond acceptors (Lipinski definition) is 3. The van der Waals surface area contributed by atoms with Gasteiger partial charge in [-0.15, -0.1) is 0 Å². The molecule has 4 nitrogen and oxygen atoms in total. The summed E-state index contributed by atoms with van der Waals surface area (Å²) in [5.74, 6) is 0.238. The molecule has 1 aliphatic heterocycles. The lowest BCUT2D eigenvalue weighted by molar-refractivity contribution is 0.0899. The van der Waals surface area contributed by atoms with E-state index < -0.39 is 5.60 Å². The predicted octanol–water partition coefficient (Wildman–Crippen LogP) is 1.74. The Bertz CT molecular complexity index is 418. The third-order valence-corrected chi connectivity index (χ3v) is 2.54. The monoisotopic (exact) mass is 270 g/mol. The van der Waals surface area contributed by atoms with E-state index in [0.29, 0.717) is 18.0 Å². The molecular formula is C10H11BrN2O2. The third kappa shape index (κ3) is 2.12. The number of carbonyl (C=O) groups excluding carboxylic acids is 1. The van der Waals surface area contributed by atoms with Gasteiger partial charge in [-0.05, 0) is 35.8 Å². The lowest BCUT2D eigenvalue weighted by Gasteiger charge is -2.22. The van der Waals surface area contributed by atoms with Crippen LogP contribution < -0.4 is 10.1 Å². The molecule has 5 heteroatoms. The summed E-state index contributed by atoms with van der Waals surface area (Å²) in [5.41, 5.74) is 0.0387. The van der Waals surface area contributed by atoms with Gasteiger partial charge in [-0.1, -0.05) is 0 Å². The van der Waals surface area contributed by atoms with Crippen LogP contribution in [0.15, 0.2) is 16.7 Å². The highest BCUT2D eigenvalue weighted by atomic mass is 79.9. The van der Waals surface area contributed by atoms with Crippen molar-refractivity contribution in [2.45, 2.75) is 19.4 Å². The van der Waals surface area contributed by atoms with Crippen molar-refractivity contribution in [3.8, 4) is 5.88 Å². The highest BCUT2D eigenvalue weighted by molar-refractivity contribution is 9.10. The number of nitrogens with one attached hydrogen (secondary N) is 1. The van der Waals surface area contributed by atoms with Gasteiger partial charge in [-0.3, -0.25) is 4.79 Å². The fourth-order valence-electron chi connectivity index (χ4n) is 1.36. The zero-order chi connectivity index (χ0) is 11.1. The summed E-state index contributed by atoms with van der Waals surface area (Å²) < 4.78 is 6.42. The molecule has 0 atom stereocenters. The predicted molar refractivity (Wildman–Crippen MR) is 59.0 cm³/mol. The molecule has 15 heavy (non-hydrogen) atoms. The summed E-state index contributed by atoms with van der Waals surface area (Å²) >= 11 is 3.27. The minimum Gasteiger partial charge on any atom is -0.469 e. The summed E-state index contributed by atoms with van der Waals surface area (Å²) in [5, 5.41) is 2.79. The van der Waals surface area contributed by atoms with E-state index in [9.17, 15) is 4.79 Å². The van der Waals surface area contributed by atoms with Gasteiger partial charge >= 0.3 is 0 Å². The first-order chi connectivity index (χ1) is 6.98. The van der Waals surface area contributed by atoms with Gasteiger partial charge in [0, 0.05) is 10.7 Å². The van der Waals surface area contributed by atoms with Crippen LogP contribution in [0.25, 0.3) is 0 Å². The second kappa shape index (κ2) is 3.48. The maximum absolute atomic E-state index is 11.7. The molecule has 0 aliphatic carbocycles. The first-order valence-electron chi connectivity index (χ1n) is 4.61. The summed E-state index contributed by atoms with van der Waals surface area (Å²) in [6, 6.07) is 1.71. The number of ether oxygens (including phenoxy) is 1. The van der Waals surface area contributed by atoms with Crippen molar-refractivity contribution in [2.75, 3.05) is 6.54 Å². The summed E-state index contributed by atoms with van der Waals surface area (Å²) in [6.07, 6.45) is 1.62. The standard InChI is InChI=1S/C10H11BrN2O2/c1-10(2)5-13-8(14)7-3-6(11)4-12-9(7)15-10/h3-4H,5H2,1-2H3,(H,13,14). The number of aromatic nitrogens is 1. The average molecular weight is 271 g/mol. The van der Waals surface area contributed by atoms with Crippen LogP contribution in [0.2, 0.25) is 0 Å². The lowest BCUT2D eigenvalue weighted by atomic mass is 10.1. The van der Waals surface area contributed by atoms with Crippen molar-refractivity contribution in [1.29, 1.82) is 0 Å². The molecule has 0 radical (unpaired) electrons. The quantitative estimate of drug-likeness (QED) is 0.782. The zero-order valence-corrected chi connectivity index (χ0v) is 10.1. The molecule has 0 spiro atoms. The zero-order valence-electron chi connectivity index (χ0n) is 8.50. The normalized spacial score (nSPS) is 18.5. The Morgan fingerprint density at radius 2 is 2.33 bits per heavy atom. The summed E-state index contributed by atoms with van der Waals surface area (Å²) in [4.78, 5) is 15.8. The molecule has 2 rings (SSSR count). The number of pyridine rings is 1. The van der Waals surface area contributed by atoms with Gasteiger partial charge in [0.15, 0.2) is 0 Å². The van der Waals surface area contributed by atoms with Crippen LogP contribution in [0.5, 0.6) is 5.88 Å². The summed E-state index contributed by atoms with van der Waals surface area (Å²) in [7, 11) is 0. The van der Waals surface area contributed by atoms with Crippen molar-refractivity contribution >= 4 is 21.8 Å². The largest absolute Gasteiger partial charge is 0.469 e. The van der Waals surface area contributed by atoms with Crippen molar-refractivity contribution in [2.24, 2.45) is 0 Å². The van der Waals surface area contributed by atoms with E-state index in [4.69, 9.17) is 4.74 Å². The number of amides is 1. The first kappa shape index (κ1) is 10.4. The van der Waals surface area contributed by atoms with Gasteiger partial charge in [0.05, 0.1) is 6.54 Å². The van der Waals surface area contributed by atoms with Crippen molar-refractivity contribution in [3.05, 3.63) is 22.3 Å². The first-order valence-corrected chi connectivity index (χ1v) is 5.40. The maximum Gasteiger partial charge on any atom is 0.256 e. The number of fused-ring (bicyclic) bond motifs is 1. The molecule has 0 fully saturated rings. The number of hydrogen-bond donors (Lipinski definition) is 1. The highest BCUT2D eigenvalue weighted by Crippen LogP contribution is 2.25. The van der Waals surface area contributed by atoms with E-state index in [1.165, 1.54) is 0 Å². The van der Waals surface area contributed by atoms with Crippen molar-refractivity contribution < 1.29 is 9.53 Å². The maximum atomic E-state index is 11.7. The Morgan fingerprint density at radius 1 is 1.60 bits per heavy atom. The Hall–Kier alpha value is -1.10. The van der Waals surface area contributed by atoms with Gasteiger partial charge in [0.2, 0.25) is 5.88 Å². The van der Waals surface area contributed by atoms with Gasteiger partial charge < -0.3 is 10.1 Å². The van der Waals surface area contributed by atoms with E-state index in [0.717, 1.165) is 4.47 Å². The molecule has 0 unspecified atom stereocenters. The Labute approximate surface area is 96.2 Å². The van der Waals surface area contributed by atoms with Gasteiger partial charge in [0.1, 0.15) is 11.2 Å². The Kier molecular flexibility index (Phi) is 2.42. The van der Waals surface area contributed by atoms with Crippen LogP contribution >= 0.6 is 15.9 Å². The van der Waals surface area contributed by atoms with Gasteiger partial charge in [-0.25, -0.2) is 4.98 Å². The summed E-state index contributed by atoms with van der Waals surface area (Å²) in [6.45, 7) is 4.29. The molecular weight excluding hydrogens is 260 g/mol. The number of nitrogens with zero attached hydrogens (tertiary/aromatic N) is 1. The number of carbonyl (C=O) groups is 1. The number of halogens is 1. The van der Waals surface area contributed by atoms with Crippen molar-refractivity contribution in [3.63, 3.8) is 0 Å². The van der Waals surface area contributed by atoms with Gasteiger partial charge in [-0.2, -0.15) is 0 Å². The van der Waals surface area contributed by atoms with Crippen LogP contribution in [0.4, 0.5) is 0 Å². The molecule has 1 aromatic rings. The number of rotatable bonds is 0. The smallest absolute Gasteiger partial charge is 0.256 e. The third-order valence-electron chi connectivity index (χ3n) is 2.11. The van der Waals surface area contributed by atoms with Crippen LogP contribution in [-0.2, 0) is 0 Å². The van der Waals surface area contributed by atoms with E-state index in [1.807, 2.05) is 13.8 Å². The molecule has 1 aromatic heterocycles. The fraction of sp³-hybridized carbons (Fsp3) is 0.400. The molecule has 0 bridgehead atoms. The molecule has 0 saturated heterocycles. The molecule has 0 saturated carbocycles. The van der Waals surface area contributed by atoms with E-state index in [1.54, 1.807) is 12.3 Å². The minimum absolute atomic E-state index is 0.149. The Balaban J connectivity index is 2.49. The highest BCUT2D eigenvalue weighted by Gasteiger charge is 2.29. The van der Waals surface area contributed by atoms with E-state index in [-0.39, 0.29) is 5.91 Å². The van der Waals surface area contributed by atoms with Crippen LogP contribution in [0.3, 0.4) is 0 Å². The molecule has 2 heterocycles. The molecule has 0 aromatic carbocycles. The van der Waals surface area contributed by atoms with E-state index >= 15 is 0 Å². The second-order valence-electron chi connectivity index (χ2n) is 4.05. The van der Waals surface area contributed by atoms with Crippen LogP contribution in [0, 0.1) is 0 Å². The molecule has 1 N–H and O–H groups in total. The second-order valence-corrected chi connectivity index (χ2v) is 4.97. The minimum atomic E-state index is -0.429. The SMILES string of the molecule is CC1(C)CNC(=O)c2cc(Br)cnc2O1. The fourth-order valence-corrected chi connectivity index (χ4v) is 1.69. The van der Waals surface area contributed by atoms with E-state index in [2.05, 4.69) is 26.2 Å². The van der Waals surface area contributed by atoms with Crippen LogP contribution in [-0.4, -0.2) is 23.0 Å². The average Bonchev–Trinajstić information content (AvgIpc) is 2.26.